The van der Waals surface area contributed by atoms with Crippen LogP contribution in [0.25, 0.3) is 28.2 Å². The van der Waals surface area contributed by atoms with Gasteiger partial charge in [0.05, 0.1) is 17.8 Å². The van der Waals surface area contributed by atoms with Crippen LogP contribution in [0.1, 0.15) is 43.0 Å². The van der Waals surface area contributed by atoms with E-state index in [2.05, 4.69) is 54.6 Å². The number of aromatic nitrogens is 1. The molecule has 0 unspecified atom stereocenters. The number of carbonyl (C=O) groups excluding carboxylic acids is 2. The molecule has 0 saturated heterocycles. The van der Waals surface area contributed by atoms with E-state index in [1.165, 1.54) is 11.6 Å². The molecule has 3 N–H and O–H groups in total. The van der Waals surface area contributed by atoms with Gasteiger partial charge in [-0.05, 0) is 71.5 Å². The normalized spacial score (nSPS) is 13.3. The van der Waals surface area contributed by atoms with Crippen molar-refractivity contribution in [3.63, 3.8) is 0 Å². The van der Waals surface area contributed by atoms with Crippen LogP contribution in [0.5, 0.6) is 0 Å². The lowest BCUT2D eigenvalue weighted by atomic mass is 9.86. The number of aromatic amines is 1. The second-order valence-corrected chi connectivity index (χ2v) is 10.2. The maximum Gasteiger partial charge on any atom is 0.248 e. The molecule has 0 atom stereocenters. The lowest BCUT2D eigenvalue weighted by molar-refractivity contribution is -0.115. The van der Waals surface area contributed by atoms with Gasteiger partial charge in [0.1, 0.15) is 0 Å². The average Bonchev–Trinajstić information content (AvgIpc) is 3.09. The van der Waals surface area contributed by atoms with Gasteiger partial charge in [-0.15, -0.1) is 0 Å². The van der Waals surface area contributed by atoms with E-state index >= 15 is 0 Å². The van der Waals surface area contributed by atoms with Gasteiger partial charge in [0, 0.05) is 28.2 Å². The Morgan fingerprint density at radius 3 is 2.51 bits per heavy atom. The van der Waals surface area contributed by atoms with Gasteiger partial charge < -0.3 is 15.6 Å². The largest absolute Gasteiger partial charge is 0.354 e. The standard InChI is InChI=1S/C30H29N3O2/c1-18-5-10-21(11-6-18)31-27(34)14-8-19-7-12-26-24(15-19)29-23(17-28(35)32-26)22-16-20(30(2,3)4)9-13-25(22)33-29/h5-16,33H,17H2,1-4H3,(H,31,34)(H,32,35)/b14-8+. The van der Waals surface area contributed by atoms with Crippen LogP contribution in [-0.4, -0.2) is 16.8 Å². The summed E-state index contributed by atoms with van der Waals surface area (Å²) in [6.45, 7) is 8.58. The molecule has 0 bridgehead atoms. The molecule has 5 nitrogen and oxygen atoms in total. The number of carbonyl (C=O) groups is 2. The van der Waals surface area contributed by atoms with Gasteiger partial charge in [0.15, 0.2) is 0 Å². The number of fused-ring (bicyclic) bond motifs is 5. The number of hydrogen-bond donors (Lipinski definition) is 3. The average molecular weight is 464 g/mol. The molecule has 3 aromatic carbocycles. The van der Waals surface area contributed by atoms with Crippen molar-refractivity contribution in [1.29, 1.82) is 0 Å². The van der Waals surface area contributed by atoms with Crippen molar-refractivity contribution in [2.45, 2.75) is 39.5 Å². The summed E-state index contributed by atoms with van der Waals surface area (Å²) in [6.07, 6.45) is 3.62. The third-order valence-corrected chi connectivity index (χ3v) is 6.44. The molecular formula is C30H29N3O2. The SMILES string of the molecule is Cc1ccc(NC(=O)/C=C/c2ccc3c(c2)-c2[nH]c4ccc(C(C)(C)C)cc4c2CC(=O)N3)cc1. The number of benzene rings is 3. The van der Waals surface area contributed by atoms with E-state index in [-0.39, 0.29) is 17.2 Å². The molecule has 5 rings (SSSR count). The Kier molecular flexibility index (Phi) is 5.56. The minimum atomic E-state index is -0.196. The summed E-state index contributed by atoms with van der Waals surface area (Å²) in [5, 5.41) is 6.99. The second kappa shape index (κ2) is 8.58. The maximum absolute atomic E-state index is 12.7. The highest BCUT2D eigenvalue weighted by Crippen LogP contribution is 2.39. The van der Waals surface area contributed by atoms with Crippen molar-refractivity contribution < 1.29 is 9.59 Å². The lowest BCUT2D eigenvalue weighted by Crippen LogP contribution is -2.13. The Morgan fingerprint density at radius 2 is 1.77 bits per heavy atom. The quantitative estimate of drug-likeness (QED) is 0.300. The molecule has 1 aliphatic heterocycles. The van der Waals surface area contributed by atoms with Crippen LogP contribution in [0.15, 0.2) is 66.7 Å². The summed E-state index contributed by atoms with van der Waals surface area (Å²) < 4.78 is 0. The summed E-state index contributed by atoms with van der Waals surface area (Å²) in [4.78, 5) is 28.7. The molecule has 1 aromatic heterocycles. The molecule has 1 aliphatic rings. The monoisotopic (exact) mass is 463 g/mol. The van der Waals surface area contributed by atoms with Crippen LogP contribution in [0.2, 0.25) is 0 Å². The molecular weight excluding hydrogens is 434 g/mol. The van der Waals surface area contributed by atoms with Crippen molar-refractivity contribution in [2.24, 2.45) is 0 Å². The van der Waals surface area contributed by atoms with Crippen molar-refractivity contribution in [3.05, 3.63) is 89.0 Å². The van der Waals surface area contributed by atoms with Gasteiger partial charge in [-0.25, -0.2) is 0 Å². The van der Waals surface area contributed by atoms with Gasteiger partial charge >= 0.3 is 0 Å². The Labute approximate surface area is 205 Å². The Balaban J connectivity index is 1.50. The van der Waals surface area contributed by atoms with Crippen LogP contribution < -0.4 is 10.6 Å². The first kappa shape index (κ1) is 22.7. The van der Waals surface area contributed by atoms with Gasteiger partial charge in [-0.1, -0.05) is 50.6 Å². The molecule has 0 fully saturated rings. The second-order valence-electron chi connectivity index (χ2n) is 10.2. The zero-order chi connectivity index (χ0) is 24.7. The number of nitrogens with one attached hydrogen (secondary N) is 3. The highest BCUT2D eigenvalue weighted by Gasteiger charge is 2.24. The first-order valence-corrected chi connectivity index (χ1v) is 11.8. The summed E-state index contributed by atoms with van der Waals surface area (Å²) in [5.74, 6) is -0.231. The molecule has 2 amide bonds. The van der Waals surface area contributed by atoms with Gasteiger partial charge in [-0.2, -0.15) is 0 Å². The lowest BCUT2D eigenvalue weighted by Gasteiger charge is -2.19. The van der Waals surface area contributed by atoms with Crippen LogP contribution in [0, 0.1) is 6.92 Å². The van der Waals surface area contributed by atoms with Crippen LogP contribution in [0.3, 0.4) is 0 Å². The molecule has 0 radical (unpaired) electrons. The molecule has 2 heterocycles. The fraction of sp³-hybridized carbons (Fsp3) is 0.200. The number of rotatable bonds is 3. The predicted molar refractivity (Wildman–Crippen MR) is 144 cm³/mol. The van der Waals surface area contributed by atoms with Gasteiger partial charge in [-0.3, -0.25) is 9.59 Å². The smallest absolute Gasteiger partial charge is 0.248 e. The number of aryl methyl sites for hydroxylation is 1. The number of amides is 2. The predicted octanol–water partition coefficient (Wildman–Crippen LogP) is 6.59. The van der Waals surface area contributed by atoms with Gasteiger partial charge in [0.25, 0.3) is 0 Å². The molecule has 0 aliphatic carbocycles. The fourth-order valence-electron chi connectivity index (χ4n) is 4.46. The third kappa shape index (κ3) is 4.62. The van der Waals surface area contributed by atoms with E-state index in [0.29, 0.717) is 6.42 Å². The molecule has 0 saturated carbocycles. The van der Waals surface area contributed by atoms with Crippen LogP contribution >= 0.6 is 0 Å². The number of hydrogen-bond acceptors (Lipinski definition) is 2. The minimum absolute atomic E-state index is 0.0142. The molecule has 5 heteroatoms. The Bertz CT molecular complexity index is 1480. The van der Waals surface area contributed by atoms with E-state index in [9.17, 15) is 9.59 Å². The molecule has 35 heavy (non-hydrogen) atoms. The fourth-order valence-corrected chi connectivity index (χ4v) is 4.46. The van der Waals surface area contributed by atoms with E-state index in [4.69, 9.17) is 0 Å². The maximum atomic E-state index is 12.7. The zero-order valence-electron chi connectivity index (χ0n) is 20.5. The third-order valence-electron chi connectivity index (χ3n) is 6.44. The summed E-state index contributed by atoms with van der Waals surface area (Å²) >= 11 is 0. The Morgan fingerprint density at radius 1 is 1.00 bits per heavy atom. The first-order chi connectivity index (χ1) is 16.7. The van der Waals surface area contributed by atoms with E-state index < -0.39 is 0 Å². The van der Waals surface area contributed by atoms with Crippen molar-refractivity contribution in [1.82, 2.24) is 4.98 Å². The van der Waals surface area contributed by atoms with E-state index in [0.717, 1.165) is 50.2 Å². The highest BCUT2D eigenvalue weighted by molar-refractivity contribution is 6.06. The zero-order valence-corrected chi connectivity index (χ0v) is 20.5. The highest BCUT2D eigenvalue weighted by atomic mass is 16.2. The van der Waals surface area contributed by atoms with Crippen molar-refractivity contribution >= 4 is 40.2 Å². The summed E-state index contributed by atoms with van der Waals surface area (Å²) in [7, 11) is 0. The van der Waals surface area contributed by atoms with Gasteiger partial charge in [0.2, 0.25) is 11.8 Å². The molecule has 4 aromatic rings. The van der Waals surface area contributed by atoms with E-state index in [1.54, 1.807) is 6.08 Å². The topological polar surface area (TPSA) is 74.0 Å². The summed E-state index contributed by atoms with van der Waals surface area (Å²) in [6, 6.07) is 19.9. The van der Waals surface area contributed by atoms with Crippen molar-refractivity contribution in [2.75, 3.05) is 10.6 Å². The van der Waals surface area contributed by atoms with Crippen LogP contribution in [-0.2, 0) is 21.4 Å². The van der Waals surface area contributed by atoms with Crippen LogP contribution in [0.4, 0.5) is 11.4 Å². The van der Waals surface area contributed by atoms with Crippen molar-refractivity contribution in [3.8, 4) is 11.3 Å². The molecule has 176 valence electrons. The molecule has 0 spiro atoms. The number of H-pyrrole nitrogens is 1. The number of anilines is 2. The first-order valence-electron chi connectivity index (χ1n) is 11.8. The van der Waals surface area contributed by atoms with E-state index in [1.807, 2.05) is 49.4 Å². The summed E-state index contributed by atoms with van der Waals surface area (Å²) in [5.41, 5.74) is 8.65. The minimum Gasteiger partial charge on any atom is -0.354 e. The Hall–Kier alpha value is -4.12.